The van der Waals surface area contributed by atoms with E-state index in [1.165, 1.54) is 24.0 Å². The molecule has 1 aliphatic heterocycles. The van der Waals surface area contributed by atoms with Crippen molar-refractivity contribution in [1.29, 1.82) is 0 Å². The van der Waals surface area contributed by atoms with E-state index in [9.17, 15) is 36.7 Å². The third-order valence-electron chi connectivity index (χ3n) is 7.27. The van der Waals surface area contributed by atoms with Crippen molar-refractivity contribution in [3.8, 4) is 11.3 Å². The summed E-state index contributed by atoms with van der Waals surface area (Å²) in [6.07, 6.45) is -4.37. The molecule has 5 rings (SSSR count). The van der Waals surface area contributed by atoms with E-state index in [1.807, 2.05) is 11.9 Å². The molecule has 43 heavy (non-hydrogen) atoms. The number of alkyl halides is 3. The summed E-state index contributed by atoms with van der Waals surface area (Å²) in [7, 11) is 4.71. The summed E-state index contributed by atoms with van der Waals surface area (Å²) in [5, 5.41) is 2.97. The molecule has 0 spiro atoms. The molecule has 1 saturated heterocycles. The molecule has 1 fully saturated rings. The van der Waals surface area contributed by atoms with Crippen LogP contribution in [0.25, 0.3) is 21.5 Å². The molecule has 1 amide bonds. The zero-order valence-electron chi connectivity index (χ0n) is 23.1. The summed E-state index contributed by atoms with van der Waals surface area (Å²) >= 11 is 1.86. The van der Waals surface area contributed by atoms with Crippen LogP contribution in [-0.4, -0.2) is 50.8 Å². The number of aromatic nitrogens is 3. The maximum absolute atomic E-state index is 13.9. The van der Waals surface area contributed by atoms with Gasteiger partial charge < -0.3 is 9.74 Å². The number of hydrogen-bond donors (Lipinski definition) is 0. The van der Waals surface area contributed by atoms with Crippen molar-refractivity contribution in [2.75, 3.05) is 20.1 Å². The van der Waals surface area contributed by atoms with Crippen LogP contribution < -0.4 is 20.9 Å². The monoisotopic (exact) mass is 639 g/mol. The molecule has 0 N–H and O–H groups in total. The van der Waals surface area contributed by atoms with Crippen LogP contribution in [0.2, 0.25) is 0 Å². The molecule has 1 aliphatic rings. The summed E-state index contributed by atoms with van der Waals surface area (Å²) in [4.78, 5) is 63.1. The number of benzene rings is 1. The summed E-state index contributed by atoms with van der Waals surface area (Å²) in [6.45, 7) is 1.24. The van der Waals surface area contributed by atoms with Gasteiger partial charge in [0.2, 0.25) is 4.80 Å². The molecule has 228 valence electrons. The van der Waals surface area contributed by atoms with E-state index in [1.54, 1.807) is 5.38 Å². The van der Waals surface area contributed by atoms with Gasteiger partial charge >= 0.3 is 17.8 Å². The normalized spacial score (nSPS) is 15.4. The maximum atomic E-state index is 13.9. The average Bonchev–Trinajstić information content (AvgIpc) is 3.54. The van der Waals surface area contributed by atoms with Crippen molar-refractivity contribution in [2.45, 2.75) is 25.4 Å². The lowest BCUT2D eigenvalue weighted by molar-refractivity contribution is -0.150. The number of thiazole rings is 1. The lowest BCUT2D eigenvalue weighted by Gasteiger charge is -2.27. The minimum Gasteiger partial charge on any atom is -0.333 e. The van der Waals surface area contributed by atoms with Crippen LogP contribution in [0.1, 0.15) is 24.0 Å². The second kappa shape index (κ2) is 11.7. The van der Waals surface area contributed by atoms with E-state index < -0.39 is 52.2 Å². The second-order valence-electron chi connectivity index (χ2n) is 10.2. The molecule has 0 saturated carbocycles. The fourth-order valence-corrected chi connectivity index (χ4v) is 6.74. The van der Waals surface area contributed by atoms with Gasteiger partial charge in [-0.3, -0.25) is 18.7 Å². The number of amides is 1. The predicted octanol–water partition coefficient (Wildman–Crippen LogP) is 2.95. The van der Waals surface area contributed by atoms with E-state index in [2.05, 4.69) is 4.99 Å². The van der Waals surface area contributed by atoms with Crippen LogP contribution in [0.15, 0.2) is 43.5 Å². The van der Waals surface area contributed by atoms with Crippen molar-refractivity contribution in [1.82, 2.24) is 18.8 Å². The zero-order chi connectivity index (χ0) is 31.2. The van der Waals surface area contributed by atoms with Crippen molar-refractivity contribution >= 4 is 44.8 Å². The van der Waals surface area contributed by atoms with Crippen molar-refractivity contribution < 1.29 is 32.0 Å². The average molecular weight is 640 g/mol. The van der Waals surface area contributed by atoms with Gasteiger partial charge in [0.05, 0.1) is 23.3 Å². The van der Waals surface area contributed by atoms with E-state index in [0.717, 1.165) is 44.1 Å². The van der Waals surface area contributed by atoms with Crippen LogP contribution in [0.4, 0.5) is 17.6 Å². The number of aryl methyl sites for hydroxylation is 1. The van der Waals surface area contributed by atoms with Crippen molar-refractivity contribution in [3.63, 3.8) is 0 Å². The quantitative estimate of drug-likeness (QED) is 0.311. The van der Waals surface area contributed by atoms with Crippen LogP contribution in [0.3, 0.4) is 0 Å². The summed E-state index contributed by atoms with van der Waals surface area (Å²) < 4.78 is 58.5. The minimum absolute atomic E-state index is 0.174. The Morgan fingerprint density at radius 3 is 2.42 bits per heavy atom. The van der Waals surface area contributed by atoms with E-state index >= 15 is 0 Å². The van der Waals surface area contributed by atoms with Gasteiger partial charge in [-0.1, -0.05) is 0 Å². The van der Waals surface area contributed by atoms with E-state index in [4.69, 9.17) is 4.84 Å². The van der Waals surface area contributed by atoms with Gasteiger partial charge in [-0.15, -0.1) is 27.4 Å². The highest BCUT2D eigenvalue weighted by Crippen LogP contribution is 2.37. The molecule has 0 aliphatic carbocycles. The molecule has 1 aromatic carbocycles. The second-order valence-corrected chi connectivity index (χ2v) is 11.9. The molecule has 0 unspecified atom stereocenters. The lowest BCUT2D eigenvalue weighted by atomic mass is 9.98. The number of hydrogen-bond acceptors (Lipinski definition) is 8. The highest BCUT2D eigenvalue weighted by molar-refractivity contribution is 7.17. The number of halogens is 4. The number of likely N-dealkylation sites (tertiary alicyclic amines) is 1. The van der Waals surface area contributed by atoms with Crippen LogP contribution in [0.5, 0.6) is 0 Å². The fraction of sp³-hybridized carbons (Fsp3) is 0.370. The Morgan fingerprint density at radius 1 is 1.05 bits per heavy atom. The molecule has 16 heteroatoms. The van der Waals surface area contributed by atoms with Crippen LogP contribution in [0, 0.1) is 11.7 Å². The molecular formula is C27H25F4N5O5S2. The first-order chi connectivity index (χ1) is 20.3. The third kappa shape index (κ3) is 5.99. The molecule has 4 heterocycles. The number of nitrogens with zero attached hydrogens (tertiary/aromatic N) is 5. The lowest BCUT2D eigenvalue weighted by Crippen LogP contribution is -2.39. The first-order valence-electron chi connectivity index (χ1n) is 13.0. The molecule has 0 radical (unpaired) electrons. The van der Waals surface area contributed by atoms with Gasteiger partial charge in [0.25, 0.3) is 11.5 Å². The smallest absolute Gasteiger partial charge is 0.333 e. The first-order valence-corrected chi connectivity index (χ1v) is 14.7. The Kier molecular flexibility index (Phi) is 8.28. The molecule has 0 bridgehead atoms. The third-order valence-corrected chi connectivity index (χ3v) is 9.18. The number of carbonyl (C=O) groups is 2. The number of rotatable bonds is 5. The van der Waals surface area contributed by atoms with Gasteiger partial charge in [-0.05, 0) is 62.1 Å². The molecular weight excluding hydrogens is 614 g/mol. The molecule has 3 aromatic heterocycles. The number of thiophene rings is 1. The van der Waals surface area contributed by atoms with E-state index in [0.29, 0.717) is 42.4 Å². The maximum Gasteiger partial charge on any atom is 0.417 e. The van der Waals surface area contributed by atoms with Gasteiger partial charge in [-0.2, -0.15) is 18.2 Å². The summed E-state index contributed by atoms with van der Waals surface area (Å²) in [5.74, 6) is -3.11. The first kappa shape index (κ1) is 30.6. The van der Waals surface area contributed by atoms with Gasteiger partial charge in [0.15, 0.2) is 0 Å². The Bertz CT molecular complexity index is 1930. The number of carbonyl (C=O) groups excluding carboxylic acids is 2. The Hall–Kier alpha value is -3.89. The number of fused-ring (bicyclic) bond motifs is 1. The van der Waals surface area contributed by atoms with Gasteiger partial charge in [-0.25, -0.2) is 14.0 Å². The summed E-state index contributed by atoms with van der Waals surface area (Å²) in [5.41, 5.74) is -2.80. The summed E-state index contributed by atoms with van der Waals surface area (Å²) in [6, 6.07) is 2.11. The topological polar surface area (TPSA) is 108 Å². The SMILES string of the molecule is CN1CCC(C(=O)On2c(-c3ccc(F)cc3C(F)(F)F)csc2=NC(=O)Cc2csc3c2c(=O)n(C)c(=O)n3C)CC1. The Balaban J connectivity index is 1.58. The highest BCUT2D eigenvalue weighted by Gasteiger charge is 2.36. The largest absolute Gasteiger partial charge is 0.417 e. The minimum atomic E-state index is -4.94. The number of piperidine rings is 1. The highest BCUT2D eigenvalue weighted by atomic mass is 32.1. The van der Waals surface area contributed by atoms with E-state index in [-0.39, 0.29) is 22.3 Å². The fourth-order valence-electron chi connectivity index (χ4n) is 4.89. The molecule has 4 aromatic rings. The van der Waals surface area contributed by atoms with Crippen molar-refractivity contribution in [3.05, 3.63) is 71.5 Å². The Morgan fingerprint density at radius 2 is 1.74 bits per heavy atom. The standard InChI is InChI=1S/C27H25F4N5O5S2/c1-33-8-6-14(7-9-33)24(39)41-36-19(17-5-4-16(28)11-18(17)27(29,30)31)13-43-25(36)32-20(37)10-15-12-42-23-21(15)22(38)34(2)26(40)35(23)3/h4-5,11-14H,6-10H2,1-3H3. The van der Waals surface area contributed by atoms with Gasteiger partial charge in [0.1, 0.15) is 16.3 Å². The Labute approximate surface area is 248 Å². The van der Waals surface area contributed by atoms with Gasteiger partial charge in [0, 0.05) is 25.0 Å². The van der Waals surface area contributed by atoms with Crippen LogP contribution >= 0.6 is 22.7 Å². The van der Waals surface area contributed by atoms with Crippen molar-refractivity contribution in [2.24, 2.45) is 25.0 Å². The predicted molar refractivity (Wildman–Crippen MR) is 151 cm³/mol. The zero-order valence-corrected chi connectivity index (χ0v) is 24.7. The van der Waals surface area contributed by atoms with Crippen LogP contribution in [-0.2, 0) is 36.3 Å². The molecule has 10 nitrogen and oxygen atoms in total. The molecule has 0 atom stereocenters.